The van der Waals surface area contributed by atoms with Crippen molar-refractivity contribution in [2.45, 2.75) is 63.1 Å². The second kappa shape index (κ2) is 7.94. The number of aromatic amines is 2. The van der Waals surface area contributed by atoms with Crippen LogP contribution in [0.15, 0.2) is 43.1 Å². The van der Waals surface area contributed by atoms with Crippen LogP contribution in [0.25, 0.3) is 27.8 Å². The summed E-state index contributed by atoms with van der Waals surface area (Å²) in [6.07, 6.45) is 10.6. The van der Waals surface area contributed by atoms with Crippen LogP contribution in [0.3, 0.4) is 0 Å². The minimum absolute atomic E-state index is 0.0949. The molecule has 11 nitrogen and oxygen atoms in total. The lowest BCUT2D eigenvalue weighted by Crippen LogP contribution is -2.46. The van der Waals surface area contributed by atoms with Crippen molar-refractivity contribution < 1.29 is 9.90 Å². The van der Waals surface area contributed by atoms with Crippen molar-refractivity contribution in [2.24, 2.45) is 0 Å². The van der Waals surface area contributed by atoms with Crippen LogP contribution in [0, 0.1) is 0 Å². The van der Waals surface area contributed by atoms with Gasteiger partial charge < -0.3 is 15.0 Å². The summed E-state index contributed by atoms with van der Waals surface area (Å²) in [4.78, 5) is 32.2. The molecule has 0 aromatic carbocycles. The number of carbonyl (C=O) groups is 1. The third kappa shape index (κ3) is 3.45. The van der Waals surface area contributed by atoms with Crippen molar-refractivity contribution in [3.05, 3.63) is 60.3 Å². The predicted octanol–water partition coefficient (Wildman–Crippen LogP) is 3.17. The Morgan fingerprint density at radius 1 is 1.11 bits per heavy atom. The number of nitrogens with zero attached hydrogens (tertiary/aromatic N) is 7. The van der Waals surface area contributed by atoms with Crippen LogP contribution in [-0.4, -0.2) is 67.7 Å². The highest BCUT2D eigenvalue weighted by molar-refractivity contribution is 5.91. The third-order valence-electron chi connectivity index (χ3n) is 7.85. The minimum atomic E-state index is -1.01. The molecule has 2 saturated heterocycles. The van der Waals surface area contributed by atoms with Gasteiger partial charge in [0.2, 0.25) is 5.82 Å². The number of fused-ring (bicyclic) bond motifs is 5. The Kier molecular flexibility index (Phi) is 4.74. The molecule has 7 heterocycles. The summed E-state index contributed by atoms with van der Waals surface area (Å²) in [6, 6.07) is 6.14. The molecule has 2 aliphatic rings. The van der Waals surface area contributed by atoms with E-state index >= 15 is 0 Å². The molecule has 0 spiro atoms. The van der Waals surface area contributed by atoms with E-state index in [1.807, 2.05) is 33.9 Å². The van der Waals surface area contributed by atoms with Crippen LogP contribution >= 0.6 is 0 Å². The molecule has 5 aromatic rings. The summed E-state index contributed by atoms with van der Waals surface area (Å²) in [5.41, 5.74) is 4.06. The van der Waals surface area contributed by atoms with Crippen molar-refractivity contribution >= 4 is 22.6 Å². The first-order chi connectivity index (χ1) is 17.9. The van der Waals surface area contributed by atoms with E-state index in [2.05, 4.69) is 36.3 Å². The van der Waals surface area contributed by atoms with Gasteiger partial charge in [0.25, 0.3) is 5.91 Å². The van der Waals surface area contributed by atoms with Crippen molar-refractivity contribution in [1.29, 1.82) is 0 Å². The van der Waals surface area contributed by atoms with Gasteiger partial charge in [-0.25, -0.2) is 9.97 Å². The number of aliphatic hydroxyl groups is 1. The van der Waals surface area contributed by atoms with Gasteiger partial charge >= 0.3 is 0 Å². The van der Waals surface area contributed by atoms with E-state index in [0.717, 1.165) is 59.2 Å². The Bertz CT molecular complexity index is 1600. The molecular formula is C26H27N9O2. The summed E-state index contributed by atoms with van der Waals surface area (Å²) in [5.74, 6) is 0.356. The Morgan fingerprint density at radius 2 is 1.92 bits per heavy atom. The Hall–Kier alpha value is -4.12. The Morgan fingerprint density at radius 3 is 2.59 bits per heavy atom. The molecule has 1 amide bonds. The summed E-state index contributed by atoms with van der Waals surface area (Å²) in [7, 11) is 0. The molecule has 0 unspecified atom stereocenters. The Balaban J connectivity index is 1.27. The van der Waals surface area contributed by atoms with E-state index in [1.165, 1.54) is 6.33 Å². The molecule has 37 heavy (non-hydrogen) atoms. The third-order valence-corrected chi connectivity index (χ3v) is 7.85. The van der Waals surface area contributed by atoms with Gasteiger partial charge in [-0.1, -0.05) is 6.07 Å². The molecule has 3 N–H and O–H groups in total. The molecular weight excluding hydrogens is 470 g/mol. The number of nitrogens with one attached hydrogen (secondary N) is 2. The first kappa shape index (κ1) is 22.1. The highest BCUT2D eigenvalue weighted by atomic mass is 16.3. The molecule has 2 bridgehead atoms. The largest absolute Gasteiger partial charge is 0.384 e. The zero-order valence-electron chi connectivity index (χ0n) is 20.6. The fourth-order valence-corrected chi connectivity index (χ4v) is 6.12. The van der Waals surface area contributed by atoms with Gasteiger partial charge in [0.15, 0.2) is 5.65 Å². The number of hydrogen-bond acceptors (Lipinski definition) is 7. The van der Waals surface area contributed by atoms with Crippen molar-refractivity contribution in [3.8, 4) is 11.1 Å². The van der Waals surface area contributed by atoms with Crippen molar-refractivity contribution in [3.63, 3.8) is 0 Å². The van der Waals surface area contributed by atoms with Crippen LogP contribution in [0.1, 0.15) is 67.5 Å². The molecule has 0 radical (unpaired) electrons. The highest BCUT2D eigenvalue weighted by Gasteiger charge is 2.45. The predicted molar refractivity (Wildman–Crippen MR) is 135 cm³/mol. The van der Waals surface area contributed by atoms with Gasteiger partial charge in [0.1, 0.15) is 17.6 Å². The van der Waals surface area contributed by atoms with Crippen LogP contribution in [0.4, 0.5) is 0 Å². The number of aromatic nitrogens is 8. The quantitative estimate of drug-likeness (QED) is 0.346. The Labute approximate surface area is 212 Å². The fourth-order valence-electron chi connectivity index (χ4n) is 6.12. The molecule has 3 atom stereocenters. The van der Waals surface area contributed by atoms with Gasteiger partial charge in [-0.3, -0.25) is 14.9 Å². The van der Waals surface area contributed by atoms with Gasteiger partial charge in [-0.05, 0) is 51.7 Å². The number of piperidine rings is 1. The SMILES string of the molecule is CC(C)(O)c1ccc(-c2cnn3c2nc([C@H]2C[C@H]4CC[C@@H](C2)N4C(=O)c2nc[nH]n2)c2cc[nH]c23)cn1. The van der Waals surface area contributed by atoms with Gasteiger partial charge in [-0.2, -0.15) is 9.61 Å². The summed E-state index contributed by atoms with van der Waals surface area (Å²) >= 11 is 0. The minimum Gasteiger partial charge on any atom is -0.384 e. The van der Waals surface area contributed by atoms with Crippen LogP contribution in [-0.2, 0) is 5.60 Å². The number of pyridine rings is 1. The van der Waals surface area contributed by atoms with E-state index in [1.54, 1.807) is 20.0 Å². The molecule has 7 rings (SSSR count). The average molecular weight is 498 g/mol. The summed E-state index contributed by atoms with van der Waals surface area (Å²) < 4.78 is 1.84. The average Bonchev–Trinajstić information content (AvgIpc) is 3.68. The standard InChI is InChI=1S/C26H27N9O2/c1-26(2,37)20-6-3-14(11-28-20)19-12-31-35-23-18(7-8-27-23)21(32-24(19)35)15-9-16-4-5-17(10-15)34(16)25(36)22-29-13-30-33-22/h3,6-8,11-13,15-17,27,37H,4-5,9-10H2,1-2H3,(H,29,30,33)/t15-,16+,17-. The molecule has 2 aliphatic heterocycles. The lowest BCUT2D eigenvalue weighted by Gasteiger charge is -2.38. The summed E-state index contributed by atoms with van der Waals surface area (Å²) in [5, 5.41) is 22.6. The van der Waals surface area contributed by atoms with Gasteiger partial charge in [-0.15, -0.1) is 5.10 Å². The number of hydrogen-bond donors (Lipinski definition) is 3. The van der Waals surface area contributed by atoms with Gasteiger partial charge in [0, 0.05) is 46.9 Å². The van der Waals surface area contributed by atoms with Crippen LogP contribution in [0.2, 0.25) is 0 Å². The van der Waals surface area contributed by atoms with E-state index in [9.17, 15) is 9.90 Å². The lowest BCUT2D eigenvalue weighted by molar-refractivity contribution is 0.0558. The van der Waals surface area contributed by atoms with Crippen LogP contribution in [0.5, 0.6) is 0 Å². The van der Waals surface area contributed by atoms with Crippen molar-refractivity contribution in [1.82, 2.24) is 44.6 Å². The van der Waals surface area contributed by atoms with E-state index in [-0.39, 0.29) is 29.7 Å². The number of amides is 1. The molecule has 11 heteroatoms. The maximum absolute atomic E-state index is 13.1. The second-order valence-corrected chi connectivity index (χ2v) is 10.6. The number of H-pyrrole nitrogens is 2. The molecule has 0 aliphatic carbocycles. The van der Waals surface area contributed by atoms with Crippen LogP contribution < -0.4 is 0 Å². The smallest absolute Gasteiger partial charge is 0.294 e. The topological polar surface area (TPSA) is 141 Å². The highest BCUT2D eigenvalue weighted by Crippen LogP contribution is 2.45. The molecule has 188 valence electrons. The maximum atomic E-state index is 13.1. The van der Waals surface area contributed by atoms with Crippen molar-refractivity contribution in [2.75, 3.05) is 0 Å². The zero-order valence-corrected chi connectivity index (χ0v) is 20.6. The zero-order chi connectivity index (χ0) is 25.3. The monoisotopic (exact) mass is 497 g/mol. The molecule has 2 fully saturated rings. The number of carbonyl (C=O) groups excluding carboxylic acids is 1. The summed E-state index contributed by atoms with van der Waals surface area (Å²) in [6.45, 7) is 3.44. The lowest BCUT2D eigenvalue weighted by atomic mass is 9.86. The first-order valence-electron chi connectivity index (χ1n) is 12.6. The normalized spacial score (nSPS) is 21.8. The molecule has 0 saturated carbocycles. The van der Waals surface area contributed by atoms with E-state index in [0.29, 0.717) is 5.69 Å². The maximum Gasteiger partial charge on any atom is 0.294 e. The fraction of sp³-hybridized carbons (Fsp3) is 0.385. The number of rotatable bonds is 4. The van der Waals surface area contributed by atoms with E-state index in [4.69, 9.17) is 4.98 Å². The second-order valence-electron chi connectivity index (χ2n) is 10.6. The molecule has 5 aromatic heterocycles. The van der Waals surface area contributed by atoms with E-state index < -0.39 is 5.60 Å². The van der Waals surface area contributed by atoms with Gasteiger partial charge in [0.05, 0.1) is 17.6 Å². The first-order valence-corrected chi connectivity index (χ1v) is 12.6.